The molecule has 1 aromatic carbocycles. The third kappa shape index (κ3) is 4.60. The Morgan fingerprint density at radius 2 is 1.76 bits per heavy atom. The maximum atomic E-state index is 12.5. The molecule has 1 heterocycles. The smallest absolute Gasteiger partial charge is 0.324 e. The molecule has 5 nitrogen and oxygen atoms in total. The number of hydrogen-bond acceptors (Lipinski definition) is 3. The molecular weight excluding hydrogens is 314 g/mol. The van der Waals surface area contributed by atoms with Crippen molar-refractivity contribution in [2.45, 2.75) is 59.0 Å². The summed E-state index contributed by atoms with van der Waals surface area (Å²) >= 11 is 0. The SMILES string of the molecule is CC[C@H](C)c1ccc([C@@H](N[C@@H](C)C(=O)N2CCNC2=O)C(C)C)cc1. The van der Waals surface area contributed by atoms with E-state index in [0.717, 1.165) is 6.42 Å². The molecule has 0 aliphatic carbocycles. The Hall–Kier alpha value is -1.88. The van der Waals surface area contributed by atoms with Crippen molar-refractivity contribution >= 4 is 11.9 Å². The van der Waals surface area contributed by atoms with Gasteiger partial charge in [-0.25, -0.2) is 4.79 Å². The molecule has 0 bridgehead atoms. The first kappa shape index (κ1) is 19.4. The minimum Gasteiger partial charge on any atom is -0.336 e. The average molecular weight is 345 g/mol. The van der Waals surface area contributed by atoms with Gasteiger partial charge in [0.15, 0.2) is 0 Å². The predicted octanol–water partition coefficient (Wildman–Crippen LogP) is 3.43. The number of benzene rings is 1. The van der Waals surface area contributed by atoms with Gasteiger partial charge in [0.2, 0.25) is 5.91 Å². The maximum absolute atomic E-state index is 12.5. The lowest BCUT2D eigenvalue weighted by Crippen LogP contribution is -2.47. The topological polar surface area (TPSA) is 61.4 Å². The van der Waals surface area contributed by atoms with Crippen molar-refractivity contribution in [3.8, 4) is 0 Å². The summed E-state index contributed by atoms with van der Waals surface area (Å²) in [6, 6.07) is 8.03. The molecule has 0 unspecified atom stereocenters. The second kappa shape index (κ2) is 8.48. The first-order valence-electron chi connectivity index (χ1n) is 9.30. The Kier molecular flexibility index (Phi) is 6.59. The highest BCUT2D eigenvalue weighted by atomic mass is 16.2. The number of nitrogens with one attached hydrogen (secondary N) is 2. The molecule has 1 aromatic rings. The third-order valence-electron chi connectivity index (χ3n) is 5.07. The van der Waals surface area contributed by atoms with Crippen molar-refractivity contribution in [3.05, 3.63) is 35.4 Å². The van der Waals surface area contributed by atoms with Gasteiger partial charge in [-0.05, 0) is 36.3 Å². The fourth-order valence-corrected chi connectivity index (χ4v) is 3.20. The quantitative estimate of drug-likeness (QED) is 0.796. The number of nitrogens with zero attached hydrogens (tertiary/aromatic N) is 1. The monoisotopic (exact) mass is 345 g/mol. The molecule has 0 saturated carbocycles. The highest BCUT2D eigenvalue weighted by molar-refractivity contribution is 5.98. The van der Waals surface area contributed by atoms with E-state index in [1.807, 2.05) is 6.92 Å². The average Bonchev–Trinajstić information content (AvgIpc) is 3.03. The summed E-state index contributed by atoms with van der Waals surface area (Å²) in [7, 11) is 0. The van der Waals surface area contributed by atoms with Gasteiger partial charge in [0.25, 0.3) is 0 Å². The largest absolute Gasteiger partial charge is 0.336 e. The van der Waals surface area contributed by atoms with Crippen molar-refractivity contribution in [1.29, 1.82) is 0 Å². The zero-order valence-electron chi connectivity index (χ0n) is 16.0. The minimum atomic E-state index is -0.412. The molecule has 2 rings (SSSR count). The summed E-state index contributed by atoms with van der Waals surface area (Å²) in [5.41, 5.74) is 2.51. The number of carbonyl (C=O) groups is 2. The fourth-order valence-electron chi connectivity index (χ4n) is 3.20. The number of urea groups is 1. The Bertz CT molecular complexity index is 597. The van der Waals surface area contributed by atoms with Gasteiger partial charge in [0, 0.05) is 19.1 Å². The van der Waals surface area contributed by atoms with Crippen LogP contribution in [-0.2, 0) is 4.79 Å². The first-order chi connectivity index (χ1) is 11.8. The summed E-state index contributed by atoms with van der Waals surface area (Å²) in [5, 5.41) is 6.10. The second-order valence-corrected chi connectivity index (χ2v) is 7.31. The first-order valence-corrected chi connectivity index (χ1v) is 9.30. The van der Waals surface area contributed by atoms with Crippen LogP contribution in [-0.4, -0.2) is 36.0 Å². The number of amides is 3. The molecule has 1 fully saturated rings. The van der Waals surface area contributed by atoms with Crippen LogP contribution in [0.25, 0.3) is 0 Å². The molecule has 3 atom stereocenters. The molecule has 0 spiro atoms. The zero-order chi connectivity index (χ0) is 18.6. The minimum absolute atomic E-state index is 0.0654. The number of hydrogen-bond donors (Lipinski definition) is 2. The predicted molar refractivity (Wildman–Crippen MR) is 100 cm³/mol. The van der Waals surface area contributed by atoms with E-state index in [9.17, 15) is 9.59 Å². The van der Waals surface area contributed by atoms with Crippen molar-refractivity contribution in [2.24, 2.45) is 5.92 Å². The van der Waals surface area contributed by atoms with Gasteiger partial charge in [-0.3, -0.25) is 15.0 Å². The standard InChI is InChI=1S/C20H31N3O2/c1-6-14(4)16-7-9-17(10-8-16)18(13(2)3)22-15(5)19(24)23-12-11-21-20(23)25/h7-10,13-15,18,22H,6,11-12H2,1-5H3,(H,21,25)/t14-,15-,18-/m0/s1. The molecule has 5 heteroatoms. The van der Waals surface area contributed by atoms with Crippen molar-refractivity contribution in [1.82, 2.24) is 15.5 Å². The van der Waals surface area contributed by atoms with Gasteiger partial charge in [-0.2, -0.15) is 0 Å². The molecular formula is C20H31N3O2. The summed E-state index contributed by atoms with van der Waals surface area (Å²) in [5.74, 6) is 0.711. The van der Waals surface area contributed by atoms with Crippen LogP contribution >= 0.6 is 0 Å². The van der Waals surface area contributed by atoms with Gasteiger partial charge >= 0.3 is 6.03 Å². The Morgan fingerprint density at radius 1 is 1.16 bits per heavy atom. The Morgan fingerprint density at radius 3 is 2.24 bits per heavy atom. The molecule has 1 aliphatic rings. The van der Waals surface area contributed by atoms with Gasteiger partial charge in [-0.15, -0.1) is 0 Å². The van der Waals surface area contributed by atoms with E-state index in [1.54, 1.807) is 0 Å². The number of imide groups is 1. The van der Waals surface area contributed by atoms with Crippen LogP contribution in [0.4, 0.5) is 4.79 Å². The van der Waals surface area contributed by atoms with Crippen LogP contribution in [0, 0.1) is 5.92 Å². The molecule has 1 saturated heterocycles. The van der Waals surface area contributed by atoms with Crippen molar-refractivity contribution < 1.29 is 9.59 Å². The lowest BCUT2D eigenvalue weighted by molar-refractivity contribution is -0.129. The van der Waals surface area contributed by atoms with E-state index in [-0.39, 0.29) is 18.0 Å². The molecule has 3 amide bonds. The van der Waals surface area contributed by atoms with Crippen LogP contribution in [0.1, 0.15) is 64.1 Å². The van der Waals surface area contributed by atoms with E-state index >= 15 is 0 Å². The van der Waals surface area contributed by atoms with Gasteiger partial charge in [0.05, 0.1) is 6.04 Å². The van der Waals surface area contributed by atoms with E-state index in [4.69, 9.17) is 0 Å². The van der Waals surface area contributed by atoms with Gasteiger partial charge in [0.1, 0.15) is 0 Å². The molecule has 25 heavy (non-hydrogen) atoms. The van der Waals surface area contributed by atoms with Crippen LogP contribution in [0.3, 0.4) is 0 Å². The summed E-state index contributed by atoms with van der Waals surface area (Å²) in [6.45, 7) is 11.5. The number of carbonyl (C=O) groups excluding carboxylic acids is 2. The van der Waals surface area contributed by atoms with Crippen LogP contribution in [0.2, 0.25) is 0 Å². The molecule has 2 N–H and O–H groups in total. The molecule has 0 radical (unpaired) electrons. The lowest BCUT2D eigenvalue weighted by atomic mass is 9.91. The summed E-state index contributed by atoms with van der Waals surface area (Å²) in [4.78, 5) is 25.5. The summed E-state index contributed by atoms with van der Waals surface area (Å²) < 4.78 is 0. The fraction of sp³-hybridized carbons (Fsp3) is 0.600. The normalized spacial score (nSPS) is 18.2. The third-order valence-corrected chi connectivity index (χ3v) is 5.07. The van der Waals surface area contributed by atoms with Crippen LogP contribution in [0.5, 0.6) is 0 Å². The van der Waals surface area contributed by atoms with E-state index < -0.39 is 6.04 Å². The van der Waals surface area contributed by atoms with Gasteiger partial charge < -0.3 is 5.32 Å². The Labute approximate surface area is 151 Å². The zero-order valence-corrected chi connectivity index (χ0v) is 16.0. The summed E-state index contributed by atoms with van der Waals surface area (Å²) in [6.07, 6.45) is 1.12. The molecule has 1 aliphatic heterocycles. The van der Waals surface area contributed by atoms with Crippen molar-refractivity contribution in [3.63, 3.8) is 0 Å². The van der Waals surface area contributed by atoms with E-state index in [1.165, 1.54) is 16.0 Å². The van der Waals surface area contributed by atoms with E-state index in [0.29, 0.717) is 24.9 Å². The molecule has 0 aromatic heterocycles. The van der Waals surface area contributed by atoms with Gasteiger partial charge in [-0.1, -0.05) is 52.0 Å². The van der Waals surface area contributed by atoms with Crippen molar-refractivity contribution in [2.75, 3.05) is 13.1 Å². The molecule has 138 valence electrons. The highest BCUT2D eigenvalue weighted by Gasteiger charge is 2.31. The highest BCUT2D eigenvalue weighted by Crippen LogP contribution is 2.26. The Balaban J connectivity index is 2.10. The van der Waals surface area contributed by atoms with Crippen LogP contribution in [0.15, 0.2) is 24.3 Å². The van der Waals surface area contributed by atoms with E-state index in [2.05, 4.69) is 62.6 Å². The van der Waals surface area contributed by atoms with Crippen LogP contribution < -0.4 is 10.6 Å². The second-order valence-electron chi connectivity index (χ2n) is 7.31. The number of rotatable bonds is 7. The maximum Gasteiger partial charge on any atom is 0.324 e. The lowest BCUT2D eigenvalue weighted by Gasteiger charge is -2.28.